The Hall–Kier alpha value is -2.49. The number of hydrogen-bond donors (Lipinski definition) is 1. The van der Waals surface area contributed by atoms with Crippen molar-refractivity contribution in [2.75, 3.05) is 26.1 Å². The summed E-state index contributed by atoms with van der Waals surface area (Å²) in [6.07, 6.45) is 0. The Balaban J connectivity index is 2.04. The highest BCUT2D eigenvalue weighted by Crippen LogP contribution is 2.41. The van der Waals surface area contributed by atoms with Gasteiger partial charge < -0.3 is 14.5 Å². The van der Waals surface area contributed by atoms with Crippen LogP contribution in [0.2, 0.25) is 0 Å². The minimum Gasteiger partial charge on any atom is -0.496 e. The van der Waals surface area contributed by atoms with Crippen molar-refractivity contribution in [3.8, 4) is 5.75 Å². The number of nitrogens with zero attached hydrogens (tertiary/aromatic N) is 2. The van der Waals surface area contributed by atoms with E-state index in [-0.39, 0.29) is 11.5 Å². The summed E-state index contributed by atoms with van der Waals surface area (Å²) < 4.78 is 5.87. The van der Waals surface area contributed by atoms with Gasteiger partial charge in [0, 0.05) is 37.5 Å². The smallest absolute Gasteiger partial charge is 0.129 e. The number of anilines is 1. The first kappa shape index (κ1) is 22.2. The van der Waals surface area contributed by atoms with Gasteiger partial charge in [-0.2, -0.15) is 0 Å². The number of nitrogens with one attached hydrogen (secondary N) is 1. The van der Waals surface area contributed by atoms with Crippen molar-refractivity contribution in [2.45, 2.75) is 65.5 Å². The zero-order valence-corrected chi connectivity index (χ0v) is 20.1. The van der Waals surface area contributed by atoms with E-state index < -0.39 is 0 Å². The Morgan fingerprint density at radius 2 is 1.73 bits per heavy atom. The zero-order valence-electron chi connectivity index (χ0n) is 20.1. The molecule has 1 heterocycles. The Labute approximate surface area is 182 Å². The number of fused-ring (bicyclic) bond motifs is 1. The van der Waals surface area contributed by atoms with E-state index in [9.17, 15) is 0 Å². The Morgan fingerprint density at radius 3 is 2.27 bits per heavy atom. The highest BCUT2D eigenvalue weighted by Gasteiger charge is 2.31. The zero-order chi connectivity index (χ0) is 22.4. The van der Waals surface area contributed by atoms with E-state index in [1.54, 1.807) is 7.11 Å². The molecule has 1 aliphatic rings. The van der Waals surface area contributed by atoms with Gasteiger partial charge >= 0.3 is 0 Å². The Kier molecular flexibility index (Phi) is 5.90. The van der Waals surface area contributed by atoms with Crippen LogP contribution in [0.15, 0.2) is 30.3 Å². The van der Waals surface area contributed by atoms with Gasteiger partial charge in [0.2, 0.25) is 0 Å². The van der Waals surface area contributed by atoms with Crippen molar-refractivity contribution in [3.05, 3.63) is 58.1 Å². The van der Waals surface area contributed by atoms with E-state index in [2.05, 4.69) is 95.8 Å². The van der Waals surface area contributed by atoms with E-state index in [4.69, 9.17) is 10.1 Å². The molecule has 162 valence electrons. The van der Waals surface area contributed by atoms with Gasteiger partial charge in [0.25, 0.3) is 0 Å². The molecule has 2 aromatic carbocycles. The van der Waals surface area contributed by atoms with Gasteiger partial charge in [0.05, 0.1) is 13.2 Å². The van der Waals surface area contributed by atoms with Gasteiger partial charge in [0.15, 0.2) is 0 Å². The van der Waals surface area contributed by atoms with Gasteiger partial charge in [-0.1, -0.05) is 34.6 Å². The molecule has 0 saturated heterocycles. The van der Waals surface area contributed by atoms with Crippen LogP contribution >= 0.6 is 0 Å². The topological polar surface area (TPSA) is 39.6 Å². The molecule has 0 bridgehead atoms. The molecule has 0 fully saturated rings. The summed E-state index contributed by atoms with van der Waals surface area (Å²) in [7, 11) is 5.89. The molecule has 0 spiro atoms. The van der Waals surface area contributed by atoms with Gasteiger partial charge in [-0.15, -0.1) is 0 Å². The molecule has 4 nitrogen and oxygen atoms in total. The largest absolute Gasteiger partial charge is 0.496 e. The lowest BCUT2D eigenvalue weighted by Crippen LogP contribution is -2.28. The van der Waals surface area contributed by atoms with Crippen molar-refractivity contribution >= 4 is 11.5 Å². The van der Waals surface area contributed by atoms with E-state index in [1.807, 2.05) is 0 Å². The first-order chi connectivity index (χ1) is 14.0. The van der Waals surface area contributed by atoms with Crippen molar-refractivity contribution < 1.29 is 4.74 Å². The molecule has 1 unspecified atom stereocenters. The molecule has 0 aromatic heterocycles. The molecular weight excluding hydrogens is 370 g/mol. The summed E-state index contributed by atoms with van der Waals surface area (Å²) in [4.78, 5) is 4.33. The van der Waals surface area contributed by atoms with Crippen LogP contribution in [-0.4, -0.2) is 31.9 Å². The molecule has 3 rings (SSSR count). The predicted octanol–water partition coefficient (Wildman–Crippen LogP) is 6.08. The first-order valence-corrected chi connectivity index (χ1v) is 10.8. The standard InChI is InChI=1S/C26H37N3O/c1-16(2)22-13-18(14-23(24(22)30-9)26(4,5)6)17(3)29-15-19-12-20(28(7)8)10-11-21(19)25(29)27/h10-14,16-17,27H,15H2,1-9H3. The van der Waals surface area contributed by atoms with Gasteiger partial charge in [0.1, 0.15) is 11.6 Å². The summed E-state index contributed by atoms with van der Waals surface area (Å²) in [6.45, 7) is 14.1. The average Bonchev–Trinajstić information content (AvgIpc) is 3.01. The number of hydrogen-bond acceptors (Lipinski definition) is 3. The molecular formula is C26H37N3O. The van der Waals surface area contributed by atoms with Crippen molar-refractivity contribution in [1.82, 2.24) is 4.90 Å². The fraction of sp³-hybridized carbons (Fsp3) is 0.500. The number of methoxy groups -OCH3 is 1. The van der Waals surface area contributed by atoms with E-state index in [1.165, 1.54) is 27.9 Å². The minimum atomic E-state index is -0.0210. The van der Waals surface area contributed by atoms with Gasteiger partial charge in [-0.05, 0) is 65.3 Å². The summed E-state index contributed by atoms with van der Waals surface area (Å²) in [5.74, 6) is 1.98. The summed E-state index contributed by atoms with van der Waals surface area (Å²) in [5.41, 5.74) is 7.15. The molecule has 1 atom stereocenters. The second kappa shape index (κ2) is 7.98. The number of amidine groups is 1. The normalized spacial score (nSPS) is 14.9. The lowest BCUT2D eigenvalue weighted by molar-refractivity contribution is 0.339. The molecule has 4 heteroatoms. The van der Waals surface area contributed by atoms with E-state index in [0.717, 1.165) is 17.9 Å². The SMILES string of the molecule is COc1c(C(C)C)cc(C(C)N2Cc3cc(N(C)C)ccc3C2=N)cc1C(C)(C)C. The fourth-order valence-electron chi connectivity index (χ4n) is 4.28. The summed E-state index contributed by atoms with van der Waals surface area (Å²) >= 11 is 0. The molecule has 0 radical (unpaired) electrons. The van der Waals surface area contributed by atoms with E-state index in [0.29, 0.717) is 11.8 Å². The summed E-state index contributed by atoms with van der Waals surface area (Å²) in [5, 5.41) is 8.83. The molecule has 30 heavy (non-hydrogen) atoms. The number of rotatable bonds is 5. The van der Waals surface area contributed by atoms with E-state index >= 15 is 0 Å². The fourth-order valence-corrected chi connectivity index (χ4v) is 4.28. The van der Waals surface area contributed by atoms with Crippen molar-refractivity contribution in [2.24, 2.45) is 0 Å². The third-order valence-corrected chi connectivity index (χ3v) is 6.21. The highest BCUT2D eigenvalue weighted by atomic mass is 16.5. The van der Waals surface area contributed by atoms with Crippen molar-refractivity contribution in [3.63, 3.8) is 0 Å². The molecule has 0 aliphatic carbocycles. The minimum absolute atomic E-state index is 0.0210. The third-order valence-electron chi connectivity index (χ3n) is 6.21. The predicted molar refractivity (Wildman–Crippen MR) is 127 cm³/mol. The lowest BCUT2D eigenvalue weighted by atomic mass is 9.81. The van der Waals surface area contributed by atoms with Crippen LogP contribution in [0.5, 0.6) is 5.75 Å². The quantitative estimate of drug-likeness (QED) is 0.652. The van der Waals surface area contributed by atoms with Gasteiger partial charge in [-0.3, -0.25) is 5.41 Å². The van der Waals surface area contributed by atoms with Crippen LogP contribution in [0.1, 0.15) is 81.3 Å². The second-order valence-corrected chi connectivity index (χ2v) is 9.98. The van der Waals surface area contributed by atoms with Crippen LogP contribution in [0.25, 0.3) is 0 Å². The number of benzene rings is 2. The maximum Gasteiger partial charge on any atom is 0.129 e. The van der Waals surface area contributed by atoms with Crippen LogP contribution in [0.4, 0.5) is 5.69 Å². The highest BCUT2D eigenvalue weighted by molar-refractivity contribution is 6.01. The van der Waals surface area contributed by atoms with Crippen LogP contribution in [-0.2, 0) is 12.0 Å². The van der Waals surface area contributed by atoms with Crippen LogP contribution < -0.4 is 9.64 Å². The van der Waals surface area contributed by atoms with Gasteiger partial charge in [-0.25, -0.2) is 0 Å². The lowest BCUT2D eigenvalue weighted by Gasteiger charge is -2.31. The van der Waals surface area contributed by atoms with Crippen LogP contribution in [0, 0.1) is 5.41 Å². The Morgan fingerprint density at radius 1 is 1.07 bits per heavy atom. The molecule has 0 amide bonds. The molecule has 1 aliphatic heterocycles. The van der Waals surface area contributed by atoms with Crippen LogP contribution in [0.3, 0.4) is 0 Å². The third kappa shape index (κ3) is 3.92. The maximum atomic E-state index is 8.83. The molecule has 1 N–H and O–H groups in total. The average molecular weight is 408 g/mol. The number of ether oxygens (including phenoxy) is 1. The first-order valence-electron chi connectivity index (χ1n) is 10.8. The maximum absolute atomic E-state index is 8.83. The Bertz CT molecular complexity index is 953. The second-order valence-electron chi connectivity index (χ2n) is 9.98. The molecule has 2 aromatic rings. The monoisotopic (exact) mass is 407 g/mol. The van der Waals surface area contributed by atoms with Crippen molar-refractivity contribution in [1.29, 1.82) is 5.41 Å². The summed E-state index contributed by atoms with van der Waals surface area (Å²) in [6, 6.07) is 11.1. The molecule has 0 saturated carbocycles.